The van der Waals surface area contributed by atoms with E-state index in [-0.39, 0.29) is 6.42 Å². The Morgan fingerprint density at radius 1 is 0.889 bits per heavy atom. The average Bonchev–Trinajstić information content (AvgIpc) is 2.25. The number of hydrogen-bond acceptors (Lipinski definition) is 2. The molecule has 1 unspecified atom stereocenters. The molecule has 0 spiro atoms. The Morgan fingerprint density at radius 3 is 1.83 bits per heavy atom. The van der Waals surface area contributed by atoms with Crippen LogP contribution in [0, 0.1) is 11.8 Å². The van der Waals surface area contributed by atoms with E-state index in [9.17, 15) is 9.59 Å². The fraction of sp³-hybridized carbons (Fsp3) is 0.857. The second kappa shape index (κ2) is 9.92. The Kier molecular flexibility index (Phi) is 9.33. The third-order valence-corrected chi connectivity index (χ3v) is 3.10. The van der Waals surface area contributed by atoms with Crippen molar-refractivity contribution in [3.8, 4) is 0 Å². The molecule has 0 fully saturated rings. The van der Waals surface area contributed by atoms with E-state index in [1.165, 1.54) is 19.3 Å². The second-order valence-corrected chi connectivity index (χ2v) is 5.37. The largest absolute Gasteiger partial charge is 0.481 e. The lowest BCUT2D eigenvalue weighted by atomic mass is 9.97. The van der Waals surface area contributed by atoms with Gasteiger partial charge in [0.15, 0.2) is 0 Å². The smallest absolute Gasteiger partial charge is 0.307 e. The van der Waals surface area contributed by atoms with Crippen LogP contribution in [0.2, 0.25) is 0 Å². The summed E-state index contributed by atoms with van der Waals surface area (Å²) in [5.41, 5.74) is 0. The van der Waals surface area contributed by atoms with Crippen molar-refractivity contribution in [1.82, 2.24) is 0 Å². The molecule has 4 heteroatoms. The number of rotatable bonds is 11. The Hall–Kier alpha value is -1.06. The van der Waals surface area contributed by atoms with Crippen LogP contribution in [0.25, 0.3) is 0 Å². The van der Waals surface area contributed by atoms with Crippen molar-refractivity contribution >= 4 is 11.9 Å². The molecule has 0 saturated heterocycles. The summed E-state index contributed by atoms with van der Waals surface area (Å²) in [6, 6.07) is 0. The quantitative estimate of drug-likeness (QED) is 0.556. The normalized spacial score (nSPS) is 12.6. The summed E-state index contributed by atoms with van der Waals surface area (Å²) < 4.78 is 0. The predicted molar refractivity (Wildman–Crippen MR) is 70.5 cm³/mol. The fourth-order valence-electron chi connectivity index (χ4n) is 2.00. The van der Waals surface area contributed by atoms with E-state index in [4.69, 9.17) is 10.2 Å². The van der Waals surface area contributed by atoms with Gasteiger partial charge in [0, 0.05) is 0 Å². The van der Waals surface area contributed by atoms with Gasteiger partial charge in [0.25, 0.3) is 0 Å². The highest BCUT2D eigenvalue weighted by molar-refractivity contribution is 5.77. The maximum atomic E-state index is 10.8. The van der Waals surface area contributed by atoms with Gasteiger partial charge >= 0.3 is 11.9 Å². The number of unbranched alkanes of at least 4 members (excludes halogenated alkanes) is 4. The molecule has 0 aliphatic rings. The molecule has 18 heavy (non-hydrogen) atoms. The molecule has 0 radical (unpaired) electrons. The molecular formula is C14H26O4. The zero-order chi connectivity index (χ0) is 14.0. The van der Waals surface area contributed by atoms with Gasteiger partial charge < -0.3 is 10.2 Å². The van der Waals surface area contributed by atoms with Crippen LogP contribution in [0.3, 0.4) is 0 Å². The lowest BCUT2D eigenvalue weighted by Gasteiger charge is -2.09. The highest BCUT2D eigenvalue weighted by Gasteiger charge is 2.19. The second-order valence-electron chi connectivity index (χ2n) is 5.37. The van der Waals surface area contributed by atoms with Crippen LogP contribution in [-0.2, 0) is 9.59 Å². The van der Waals surface area contributed by atoms with Crippen LogP contribution in [-0.4, -0.2) is 22.2 Å². The molecule has 0 aromatic heterocycles. The molecule has 0 aliphatic heterocycles. The molecule has 0 bridgehead atoms. The lowest BCUT2D eigenvalue weighted by Crippen LogP contribution is -2.17. The summed E-state index contributed by atoms with van der Waals surface area (Å²) in [4.78, 5) is 21.3. The van der Waals surface area contributed by atoms with Crippen molar-refractivity contribution in [2.75, 3.05) is 0 Å². The minimum atomic E-state index is -1.03. The molecule has 0 aromatic carbocycles. The van der Waals surface area contributed by atoms with Crippen molar-refractivity contribution in [2.24, 2.45) is 11.8 Å². The van der Waals surface area contributed by atoms with E-state index >= 15 is 0 Å². The van der Waals surface area contributed by atoms with Gasteiger partial charge in [-0.25, -0.2) is 0 Å². The summed E-state index contributed by atoms with van der Waals surface area (Å²) in [7, 11) is 0. The molecule has 106 valence electrons. The molecular weight excluding hydrogens is 232 g/mol. The van der Waals surface area contributed by atoms with Crippen LogP contribution in [0.5, 0.6) is 0 Å². The summed E-state index contributed by atoms with van der Waals surface area (Å²) in [6.07, 6.45) is 6.81. The van der Waals surface area contributed by atoms with Crippen LogP contribution in [0.4, 0.5) is 0 Å². The molecule has 0 saturated carbocycles. The third-order valence-electron chi connectivity index (χ3n) is 3.10. The van der Waals surface area contributed by atoms with Crippen LogP contribution in [0.15, 0.2) is 0 Å². The number of aliphatic carboxylic acids is 2. The van der Waals surface area contributed by atoms with Crippen molar-refractivity contribution in [3.05, 3.63) is 0 Å². The molecule has 0 rings (SSSR count). The van der Waals surface area contributed by atoms with Gasteiger partial charge in [-0.1, -0.05) is 52.4 Å². The predicted octanol–water partition coefficient (Wildman–Crippen LogP) is 3.55. The summed E-state index contributed by atoms with van der Waals surface area (Å²) in [6.45, 7) is 4.42. The number of carboxylic acid groups (broad SMARTS) is 2. The minimum absolute atomic E-state index is 0.261. The molecule has 0 aromatic rings. The maximum absolute atomic E-state index is 10.8. The SMILES string of the molecule is CC(C)CCCCCCCC(CC(=O)O)C(=O)O. The van der Waals surface area contributed by atoms with Crippen LogP contribution in [0.1, 0.15) is 65.2 Å². The first-order valence-corrected chi connectivity index (χ1v) is 6.88. The summed E-state index contributed by atoms with van der Waals surface area (Å²) in [5.74, 6) is -1.99. The summed E-state index contributed by atoms with van der Waals surface area (Å²) in [5, 5.41) is 17.5. The minimum Gasteiger partial charge on any atom is -0.481 e. The van der Waals surface area contributed by atoms with Crippen LogP contribution < -0.4 is 0 Å². The fourth-order valence-corrected chi connectivity index (χ4v) is 2.00. The van der Waals surface area contributed by atoms with E-state index in [2.05, 4.69) is 13.8 Å². The van der Waals surface area contributed by atoms with E-state index < -0.39 is 17.9 Å². The number of hydrogen-bond donors (Lipinski definition) is 2. The van der Waals surface area contributed by atoms with E-state index in [1.54, 1.807) is 0 Å². The van der Waals surface area contributed by atoms with E-state index in [0.717, 1.165) is 25.2 Å². The standard InChI is InChI=1S/C14H26O4/c1-11(2)8-6-4-3-5-7-9-12(14(17)18)10-13(15)16/h11-12H,3-10H2,1-2H3,(H,15,16)(H,17,18). The number of carbonyl (C=O) groups is 2. The van der Waals surface area contributed by atoms with Gasteiger partial charge in [-0.3, -0.25) is 9.59 Å². The average molecular weight is 258 g/mol. The first kappa shape index (κ1) is 16.9. The van der Waals surface area contributed by atoms with Gasteiger partial charge in [-0.05, 0) is 12.3 Å². The summed E-state index contributed by atoms with van der Waals surface area (Å²) >= 11 is 0. The first-order chi connectivity index (χ1) is 8.43. The molecule has 0 heterocycles. The zero-order valence-corrected chi connectivity index (χ0v) is 11.5. The Balaban J connectivity index is 3.55. The Bertz CT molecular complexity index is 248. The molecule has 2 N–H and O–H groups in total. The number of carboxylic acids is 2. The molecule has 0 aliphatic carbocycles. The Labute approximate surface area is 109 Å². The first-order valence-electron chi connectivity index (χ1n) is 6.88. The van der Waals surface area contributed by atoms with Crippen molar-refractivity contribution in [2.45, 2.75) is 65.2 Å². The van der Waals surface area contributed by atoms with Gasteiger partial charge in [0.05, 0.1) is 12.3 Å². The molecule has 4 nitrogen and oxygen atoms in total. The van der Waals surface area contributed by atoms with E-state index in [0.29, 0.717) is 6.42 Å². The zero-order valence-electron chi connectivity index (χ0n) is 11.5. The van der Waals surface area contributed by atoms with E-state index in [1.807, 2.05) is 0 Å². The highest BCUT2D eigenvalue weighted by Crippen LogP contribution is 2.16. The van der Waals surface area contributed by atoms with Crippen molar-refractivity contribution < 1.29 is 19.8 Å². The van der Waals surface area contributed by atoms with Gasteiger partial charge in [-0.2, -0.15) is 0 Å². The monoisotopic (exact) mass is 258 g/mol. The van der Waals surface area contributed by atoms with Gasteiger partial charge in [0.1, 0.15) is 0 Å². The van der Waals surface area contributed by atoms with Crippen molar-refractivity contribution in [1.29, 1.82) is 0 Å². The topological polar surface area (TPSA) is 74.6 Å². The van der Waals surface area contributed by atoms with Gasteiger partial charge in [0.2, 0.25) is 0 Å². The third kappa shape index (κ3) is 10.1. The molecule has 1 atom stereocenters. The Morgan fingerprint density at radius 2 is 1.39 bits per heavy atom. The van der Waals surface area contributed by atoms with Gasteiger partial charge in [-0.15, -0.1) is 0 Å². The lowest BCUT2D eigenvalue weighted by molar-refractivity contribution is -0.148. The maximum Gasteiger partial charge on any atom is 0.307 e. The molecule has 0 amide bonds. The van der Waals surface area contributed by atoms with Crippen molar-refractivity contribution in [3.63, 3.8) is 0 Å². The van der Waals surface area contributed by atoms with Crippen LogP contribution >= 0.6 is 0 Å². The highest BCUT2D eigenvalue weighted by atomic mass is 16.4.